The molecule has 0 bridgehead atoms. The van der Waals surface area contributed by atoms with Crippen molar-refractivity contribution in [3.8, 4) is 0 Å². The third kappa shape index (κ3) is 10.4. The summed E-state index contributed by atoms with van der Waals surface area (Å²) in [5.41, 5.74) is 3.16. The lowest BCUT2D eigenvalue weighted by atomic mass is 10.1. The molecule has 0 saturated carbocycles. The molecule has 0 spiro atoms. The fourth-order valence-electron chi connectivity index (χ4n) is 5.81. The third-order valence-electron chi connectivity index (χ3n) is 8.86. The summed E-state index contributed by atoms with van der Waals surface area (Å²) in [6.07, 6.45) is -1.06. The topological polar surface area (TPSA) is 167 Å². The van der Waals surface area contributed by atoms with Crippen molar-refractivity contribution in [1.82, 2.24) is 0 Å². The molecule has 288 valence electrons. The minimum absolute atomic E-state index is 0.0681. The fourth-order valence-corrected chi connectivity index (χ4v) is 5.81. The van der Waals surface area contributed by atoms with E-state index in [1.54, 1.807) is 67.6 Å². The van der Waals surface area contributed by atoms with Crippen molar-refractivity contribution in [1.29, 1.82) is 0 Å². The van der Waals surface area contributed by atoms with Crippen molar-refractivity contribution in [3.05, 3.63) is 142 Å². The van der Waals surface area contributed by atoms with Crippen LogP contribution >= 0.6 is 0 Å². The van der Waals surface area contributed by atoms with Crippen LogP contribution < -0.4 is 0 Å². The second-order valence-corrected chi connectivity index (χ2v) is 12.6. The highest BCUT2D eigenvalue weighted by Gasteiger charge is 2.37. The van der Waals surface area contributed by atoms with Crippen molar-refractivity contribution >= 4 is 17.9 Å². The molecule has 0 fully saturated rings. The molecule has 0 aromatic heterocycles. The van der Waals surface area contributed by atoms with Crippen LogP contribution in [0, 0.1) is 0 Å². The van der Waals surface area contributed by atoms with Crippen LogP contribution in [-0.4, -0.2) is 76.6 Å². The fraction of sp³-hybridized carbons (Fsp3) is 0.357. The molecule has 3 heterocycles. The van der Waals surface area contributed by atoms with Gasteiger partial charge in [0.05, 0.1) is 35.5 Å². The zero-order chi connectivity index (χ0) is 39.4. The summed E-state index contributed by atoms with van der Waals surface area (Å²) in [4.78, 5) is 36.7. The molecule has 0 radical (unpaired) electrons. The van der Waals surface area contributed by atoms with Crippen LogP contribution in [0.5, 0.6) is 0 Å². The Bertz CT molecular complexity index is 1820. The van der Waals surface area contributed by atoms with Gasteiger partial charge in [-0.05, 0) is 82.5 Å². The maximum absolute atomic E-state index is 12.4. The lowest BCUT2D eigenvalue weighted by molar-refractivity contribution is -0.108. The van der Waals surface area contributed by atoms with E-state index in [9.17, 15) is 14.4 Å². The molecule has 3 aliphatic rings. The van der Waals surface area contributed by atoms with E-state index < -0.39 is 30.4 Å². The largest absolute Gasteiger partial charge is 0.506 e. The third-order valence-corrected chi connectivity index (χ3v) is 8.86. The van der Waals surface area contributed by atoms with Gasteiger partial charge in [0.25, 0.3) is 6.29 Å². The average molecular weight is 745 g/mol. The lowest BCUT2D eigenvalue weighted by Crippen LogP contribution is -2.24. The quantitative estimate of drug-likeness (QED) is 0.146. The van der Waals surface area contributed by atoms with E-state index in [0.717, 1.165) is 17.6 Å². The predicted molar refractivity (Wildman–Crippen MR) is 198 cm³/mol. The number of carbonyl (C=O) groups excluding carboxylic acids is 3. The molecule has 0 aliphatic carbocycles. The first-order valence-corrected chi connectivity index (χ1v) is 17.8. The Balaban J connectivity index is 0.000000200. The number of aliphatic hydroxyl groups excluding tert-OH is 3. The van der Waals surface area contributed by atoms with Gasteiger partial charge in [-0.1, -0.05) is 68.4 Å². The Morgan fingerprint density at radius 2 is 0.981 bits per heavy atom. The van der Waals surface area contributed by atoms with Gasteiger partial charge in [-0.15, -0.1) is 0 Å². The maximum atomic E-state index is 12.4. The first-order chi connectivity index (χ1) is 25.9. The number of carbonyl (C=O) groups is 3. The van der Waals surface area contributed by atoms with E-state index in [1.807, 2.05) is 58.0 Å². The van der Waals surface area contributed by atoms with Gasteiger partial charge in [-0.2, -0.15) is 0 Å². The molecule has 3 aliphatic heterocycles. The van der Waals surface area contributed by atoms with E-state index in [0.29, 0.717) is 28.9 Å². The van der Waals surface area contributed by atoms with Crippen LogP contribution in [0.2, 0.25) is 0 Å². The Morgan fingerprint density at radius 1 is 0.574 bits per heavy atom. The van der Waals surface area contributed by atoms with E-state index in [-0.39, 0.29) is 48.2 Å². The first-order valence-electron chi connectivity index (χ1n) is 17.8. The summed E-state index contributed by atoms with van der Waals surface area (Å²) in [5.74, 6) is -0.897. The number of ether oxygens (including phenoxy) is 6. The van der Waals surface area contributed by atoms with Crippen molar-refractivity contribution in [3.63, 3.8) is 0 Å². The molecule has 3 N–H and O–H groups in total. The molecule has 0 amide bonds. The number of esters is 3. The summed E-state index contributed by atoms with van der Waals surface area (Å²) in [5, 5.41) is 26.5. The number of hydrogen-bond donors (Lipinski definition) is 3. The second-order valence-electron chi connectivity index (χ2n) is 12.6. The van der Waals surface area contributed by atoms with Crippen LogP contribution in [0.4, 0.5) is 0 Å². The number of hydrogen-bond acceptors (Lipinski definition) is 12. The molecule has 54 heavy (non-hydrogen) atoms. The smallest absolute Gasteiger partial charge is 0.343 e. The molecular formula is C42H48O12. The number of rotatable bonds is 9. The van der Waals surface area contributed by atoms with Crippen molar-refractivity contribution < 1.29 is 58.1 Å². The van der Waals surface area contributed by atoms with Crippen molar-refractivity contribution in [2.75, 3.05) is 6.61 Å². The van der Waals surface area contributed by atoms with Gasteiger partial charge >= 0.3 is 17.9 Å². The molecule has 0 saturated heterocycles. The Labute approximate surface area is 315 Å². The zero-order valence-electron chi connectivity index (χ0n) is 31.3. The Kier molecular flexibility index (Phi) is 15.1. The van der Waals surface area contributed by atoms with E-state index in [2.05, 4.69) is 6.92 Å². The van der Waals surface area contributed by atoms with Gasteiger partial charge in [-0.3, -0.25) is 0 Å². The molecule has 6 rings (SSSR count). The van der Waals surface area contributed by atoms with Crippen LogP contribution in [0.25, 0.3) is 0 Å². The summed E-state index contributed by atoms with van der Waals surface area (Å²) in [7, 11) is 0. The van der Waals surface area contributed by atoms with Gasteiger partial charge in [0.1, 0.15) is 24.1 Å². The van der Waals surface area contributed by atoms with Crippen LogP contribution in [-0.2, 0) is 28.4 Å². The summed E-state index contributed by atoms with van der Waals surface area (Å²) in [6.45, 7) is 11.0. The molecule has 3 aromatic rings. The standard InChI is InChI=1S/C21H20O5.C15H18O3.C6H10O4/c1-3-17-14(2)18(25-19(22)15-10-6-4-7-11-15)21(24-17)26-20(23)16-12-8-5-9-13-16;1-4-13-10(2)14(11(3)17-13)18-15(16)12-8-6-5-7-9-12;1-3-5(8)6(9)4(2-7)10-3/h4-13,17,21H,3H2,1-2H3;5-9,11,13H,4H2,1-3H3;3-4,7-9H,2H2,1H3/t17-,21?;11-,13+;3-,4+/m011/s1. The van der Waals surface area contributed by atoms with Crippen molar-refractivity contribution in [2.45, 2.75) is 91.2 Å². The lowest BCUT2D eigenvalue weighted by Gasteiger charge is -2.16. The molecule has 3 aromatic carbocycles. The van der Waals surface area contributed by atoms with Gasteiger partial charge < -0.3 is 43.7 Å². The minimum Gasteiger partial charge on any atom is -0.506 e. The normalized spacial score (nSPS) is 23.2. The highest BCUT2D eigenvalue weighted by molar-refractivity contribution is 5.91. The average Bonchev–Trinajstić information content (AvgIpc) is 3.75. The van der Waals surface area contributed by atoms with E-state index in [4.69, 9.17) is 43.7 Å². The van der Waals surface area contributed by atoms with E-state index in [1.165, 1.54) is 0 Å². The number of benzene rings is 3. The van der Waals surface area contributed by atoms with Gasteiger partial charge in [0.15, 0.2) is 17.3 Å². The minimum atomic E-state index is -1.04. The first kappa shape index (κ1) is 41.5. The summed E-state index contributed by atoms with van der Waals surface area (Å²) < 4.78 is 32.9. The monoisotopic (exact) mass is 744 g/mol. The predicted octanol–water partition coefficient (Wildman–Crippen LogP) is 7.52. The number of aliphatic hydroxyl groups is 3. The van der Waals surface area contributed by atoms with Gasteiger partial charge in [0.2, 0.25) is 0 Å². The molecule has 1 unspecified atom stereocenters. The Hall–Kier alpha value is -5.27. The highest BCUT2D eigenvalue weighted by atomic mass is 16.7. The van der Waals surface area contributed by atoms with Crippen LogP contribution in [0.15, 0.2) is 125 Å². The van der Waals surface area contributed by atoms with Crippen LogP contribution in [0.3, 0.4) is 0 Å². The maximum Gasteiger partial charge on any atom is 0.343 e. The van der Waals surface area contributed by atoms with Gasteiger partial charge in [-0.25, -0.2) is 14.4 Å². The van der Waals surface area contributed by atoms with Crippen molar-refractivity contribution in [2.24, 2.45) is 0 Å². The molecule has 12 heteroatoms. The molecular weight excluding hydrogens is 696 g/mol. The summed E-state index contributed by atoms with van der Waals surface area (Å²) in [6, 6.07) is 26.3. The highest BCUT2D eigenvalue weighted by Crippen LogP contribution is 2.32. The summed E-state index contributed by atoms with van der Waals surface area (Å²) >= 11 is 0. The zero-order valence-corrected chi connectivity index (χ0v) is 31.3. The SMILES string of the molecule is CC[C@@H]1OC(OC(=O)c2ccccc2)C(OC(=O)c2ccccc2)=C1C.CC[C@@H]1O[C@H](C)C(OC(=O)c2ccccc2)=C1C.C[C@H]1O[C@@H](CO)C(O)=C1O. The van der Waals surface area contributed by atoms with Gasteiger partial charge in [0, 0.05) is 5.57 Å². The molecule has 6 atom stereocenters. The Morgan fingerprint density at radius 3 is 1.37 bits per heavy atom. The second kappa shape index (κ2) is 19.7. The molecule has 12 nitrogen and oxygen atoms in total. The van der Waals surface area contributed by atoms with Crippen LogP contribution in [0.1, 0.15) is 85.5 Å². The van der Waals surface area contributed by atoms with E-state index >= 15 is 0 Å².